The van der Waals surface area contributed by atoms with Crippen molar-refractivity contribution in [1.29, 1.82) is 0 Å². The fraction of sp³-hybridized carbons (Fsp3) is 0.917. The van der Waals surface area contributed by atoms with Gasteiger partial charge in [0.2, 0.25) is 0 Å². The number of ether oxygens (including phenoxy) is 8. The molecule has 2 bridgehead atoms. The molecule has 5 heterocycles. The highest BCUT2D eigenvalue weighted by Gasteiger charge is 2.81. The maximum absolute atomic E-state index is 12.2. The molecule has 64 heavy (non-hydrogen) atoms. The summed E-state index contributed by atoms with van der Waals surface area (Å²) in [5.41, 5.74) is -0.249. The second-order valence-electron chi connectivity index (χ2n) is 22.3. The molecule has 9 aliphatic rings. The first-order chi connectivity index (χ1) is 30.2. The van der Waals surface area contributed by atoms with E-state index in [2.05, 4.69) is 60.5 Å². The third-order valence-electron chi connectivity index (χ3n) is 18.3. The maximum Gasteiger partial charge on any atom is 0.187 e. The highest BCUT2D eigenvalue weighted by Crippen LogP contribution is 2.80. The van der Waals surface area contributed by atoms with Gasteiger partial charge in [0.25, 0.3) is 0 Å². The van der Waals surface area contributed by atoms with E-state index in [1.165, 1.54) is 5.57 Å². The van der Waals surface area contributed by atoms with E-state index >= 15 is 0 Å². The lowest BCUT2D eigenvalue weighted by Gasteiger charge is -2.70. The van der Waals surface area contributed by atoms with Crippen LogP contribution < -0.4 is 0 Å². The van der Waals surface area contributed by atoms with Gasteiger partial charge in [0.15, 0.2) is 24.7 Å². The molecule has 9 rings (SSSR count). The van der Waals surface area contributed by atoms with Crippen molar-refractivity contribution in [2.24, 2.45) is 45.3 Å². The molecule has 0 radical (unpaired) electrons. The first kappa shape index (κ1) is 49.1. The molecule has 8 N–H and O–H groups in total. The monoisotopic (exact) mass is 909 g/mol. The molecule has 0 amide bonds. The minimum absolute atomic E-state index is 0.0249. The molecule has 16 nitrogen and oxygen atoms in total. The van der Waals surface area contributed by atoms with E-state index in [1.807, 2.05) is 6.92 Å². The average molecular weight is 909 g/mol. The van der Waals surface area contributed by atoms with E-state index in [0.717, 1.165) is 44.9 Å². The zero-order chi connectivity index (χ0) is 46.5. The summed E-state index contributed by atoms with van der Waals surface area (Å²) in [5, 5.41) is 85.3. The molecule has 16 heteroatoms. The number of aliphatic hydroxyl groups is 8. The Kier molecular flexibility index (Phi) is 13.5. The molecule has 4 saturated carbocycles. The number of terminal acetylenes is 1. The van der Waals surface area contributed by atoms with Crippen LogP contribution in [0.1, 0.15) is 106 Å². The first-order valence-corrected chi connectivity index (χ1v) is 23.7. The summed E-state index contributed by atoms with van der Waals surface area (Å²) >= 11 is 0. The SMILES string of the molecule is C#C.CC(C)=C[C@H]1C[C@](C)(O)C2[C@H]3CCC4[C@@]5(C)CC[C@H](OC6OCC[C@H](OC7O[C@H](CO)[C@@H](O)[C@H](O)[C@H]7O)[C@H]6OC6O[C@@H](CO)[C@H](O)[C@H]6O)C(C)(C)C5CC[C@@]4(C)[C@@]34CO[C@@]2(C4)O1. The summed E-state index contributed by atoms with van der Waals surface area (Å²) < 4.78 is 51.3. The van der Waals surface area contributed by atoms with Gasteiger partial charge in [-0.25, -0.2) is 0 Å². The van der Waals surface area contributed by atoms with Crippen molar-refractivity contribution in [2.45, 2.75) is 204 Å². The minimum Gasteiger partial charge on any atom is -0.394 e. The van der Waals surface area contributed by atoms with E-state index in [9.17, 15) is 40.9 Å². The van der Waals surface area contributed by atoms with Gasteiger partial charge >= 0.3 is 0 Å². The highest BCUT2D eigenvalue weighted by atomic mass is 16.8. The summed E-state index contributed by atoms with van der Waals surface area (Å²) in [6, 6.07) is 0. The molecule has 6 unspecified atom stereocenters. The average Bonchev–Trinajstić information content (AvgIpc) is 3.86. The van der Waals surface area contributed by atoms with E-state index in [0.29, 0.717) is 24.9 Å². The van der Waals surface area contributed by atoms with Crippen LogP contribution in [-0.2, 0) is 37.9 Å². The Labute approximate surface area is 377 Å². The quantitative estimate of drug-likeness (QED) is 0.0938. The zero-order valence-electron chi connectivity index (χ0n) is 38.7. The topological polar surface area (TPSA) is 236 Å². The van der Waals surface area contributed by atoms with Crippen LogP contribution >= 0.6 is 0 Å². The van der Waals surface area contributed by atoms with E-state index < -0.39 is 98.4 Å². The Morgan fingerprint density at radius 1 is 0.734 bits per heavy atom. The summed E-state index contributed by atoms with van der Waals surface area (Å²) in [4.78, 5) is 0. The van der Waals surface area contributed by atoms with Crippen molar-refractivity contribution < 1.29 is 78.7 Å². The van der Waals surface area contributed by atoms with Gasteiger partial charge < -0.3 is 78.7 Å². The van der Waals surface area contributed by atoms with Crippen molar-refractivity contribution in [3.05, 3.63) is 11.6 Å². The fourth-order valence-corrected chi connectivity index (χ4v) is 15.6. The molecule has 5 aliphatic heterocycles. The van der Waals surface area contributed by atoms with Crippen molar-refractivity contribution in [3.8, 4) is 12.8 Å². The van der Waals surface area contributed by atoms with Crippen molar-refractivity contribution in [1.82, 2.24) is 0 Å². The number of allylic oxidation sites excluding steroid dienone is 1. The van der Waals surface area contributed by atoms with Crippen LogP contribution in [0.5, 0.6) is 0 Å². The van der Waals surface area contributed by atoms with Crippen LogP contribution in [0, 0.1) is 58.2 Å². The van der Waals surface area contributed by atoms with Gasteiger partial charge in [-0.1, -0.05) is 39.3 Å². The lowest BCUT2D eigenvalue weighted by atomic mass is 9.35. The predicted octanol–water partition coefficient (Wildman–Crippen LogP) is 1.88. The number of aliphatic hydroxyl groups excluding tert-OH is 7. The molecule has 364 valence electrons. The maximum atomic E-state index is 12.2. The van der Waals surface area contributed by atoms with Gasteiger partial charge in [0.05, 0.1) is 50.3 Å². The Hall–Kier alpha value is -1.34. The van der Waals surface area contributed by atoms with E-state index in [1.54, 1.807) is 0 Å². The second kappa shape index (κ2) is 17.6. The van der Waals surface area contributed by atoms with E-state index in [4.69, 9.17) is 37.9 Å². The van der Waals surface area contributed by atoms with Crippen LogP contribution in [-0.4, -0.2) is 165 Å². The Balaban J connectivity index is 0.00000276. The summed E-state index contributed by atoms with van der Waals surface area (Å²) in [6.45, 7) is 15.4. The van der Waals surface area contributed by atoms with Gasteiger partial charge in [-0.05, 0) is 99.7 Å². The Morgan fingerprint density at radius 3 is 2.03 bits per heavy atom. The summed E-state index contributed by atoms with van der Waals surface area (Å²) in [5.74, 6) is 0.131. The van der Waals surface area contributed by atoms with Crippen molar-refractivity contribution in [2.75, 3.05) is 26.4 Å². The molecular weight excluding hydrogens is 833 g/mol. The van der Waals surface area contributed by atoms with Crippen LogP contribution in [0.2, 0.25) is 0 Å². The lowest BCUT2D eigenvalue weighted by molar-refractivity contribution is -0.362. The van der Waals surface area contributed by atoms with Crippen LogP contribution in [0.25, 0.3) is 0 Å². The number of hydrogen-bond donors (Lipinski definition) is 8. The molecular formula is C48H76O16. The molecule has 0 aromatic heterocycles. The number of fused-ring (bicyclic) bond motifs is 4. The normalized spacial score (nSPS) is 55.0. The molecule has 0 aromatic carbocycles. The predicted molar refractivity (Wildman–Crippen MR) is 227 cm³/mol. The molecule has 5 saturated heterocycles. The summed E-state index contributed by atoms with van der Waals surface area (Å²) in [7, 11) is 0. The van der Waals surface area contributed by atoms with Gasteiger partial charge in [-0.2, -0.15) is 0 Å². The smallest absolute Gasteiger partial charge is 0.187 e. The molecule has 4 aliphatic carbocycles. The zero-order valence-corrected chi connectivity index (χ0v) is 38.7. The molecule has 9 fully saturated rings. The summed E-state index contributed by atoms with van der Waals surface area (Å²) in [6.07, 6.45) is 0.891. The molecule has 0 aromatic rings. The van der Waals surface area contributed by atoms with Gasteiger partial charge in [0.1, 0.15) is 48.8 Å². The molecule has 23 atom stereocenters. The third kappa shape index (κ3) is 7.50. The van der Waals surface area contributed by atoms with Crippen molar-refractivity contribution >= 4 is 0 Å². The van der Waals surface area contributed by atoms with Crippen LogP contribution in [0.15, 0.2) is 11.6 Å². The largest absolute Gasteiger partial charge is 0.394 e. The van der Waals surface area contributed by atoms with Crippen molar-refractivity contribution in [3.63, 3.8) is 0 Å². The van der Waals surface area contributed by atoms with Gasteiger partial charge in [-0.3, -0.25) is 0 Å². The fourth-order valence-electron chi connectivity index (χ4n) is 15.6. The number of rotatable bonds is 9. The van der Waals surface area contributed by atoms with Crippen LogP contribution in [0.3, 0.4) is 0 Å². The van der Waals surface area contributed by atoms with Gasteiger partial charge in [-0.15, -0.1) is 12.8 Å². The highest BCUT2D eigenvalue weighted by molar-refractivity contribution is 5.26. The minimum atomic E-state index is -1.67. The number of hydrogen-bond acceptors (Lipinski definition) is 16. The Bertz CT molecular complexity index is 1720. The standard InChI is InChI=1S/C46H74O16.C2H2/c1-22(2)16-23-17-44(7,54)37-24-8-9-29-42(5)13-11-30(41(3,4)28(42)10-14-43(29,6)45(24)20-46(37,62-23)56-21-45)60-40-36(61-39-34(52)32(50)27(19-48)59-39)25(12-15-55-40)57-38-35(53)33(51)31(49)26(18-47)58-38;1-2/h16,23-40,47-54H,8-15,17-21H2,1-7H3;1-2H/t23-,24+,25-,26+,27-,28?,29?,30-,31+,32-,33-,34+,35+,36+,37?,38?,39?,40?,42-,43+,44-,45-,46-;/m0./s1. The Morgan fingerprint density at radius 2 is 1.38 bits per heavy atom. The third-order valence-corrected chi connectivity index (χ3v) is 18.3. The van der Waals surface area contributed by atoms with E-state index in [-0.39, 0.29) is 58.7 Å². The van der Waals surface area contributed by atoms with Gasteiger partial charge in [0, 0.05) is 24.2 Å². The first-order valence-electron chi connectivity index (χ1n) is 23.7. The molecule has 2 spiro atoms. The lowest BCUT2D eigenvalue weighted by Crippen LogP contribution is -2.67. The van der Waals surface area contributed by atoms with Crippen LogP contribution in [0.4, 0.5) is 0 Å². The second-order valence-corrected chi connectivity index (χ2v) is 22.3.